The molecule has 1 heterocycles. The average molecular weight is 310 g/mol. The summed E-state index contributed by atoms with van der Waals surface area (Å²) < 4.78 is 0. The number of hydrogen-bond donors (Lipinski definition) is 2. The van der Waals surface area contributed by atoms with Gasteiger partial charge in [0.05, 0.1) is 6.10 Å². The third-order valence-electron chi connectivity index (χ3n) is 3.46. The number of carboxylic acid groups (broad SMARTS) is 1. The number of carboxylic acids is 1. The van der Waals surface area contributed by atoms with Gasteiger partial charge in [-0.25, -0.2) is 4.79 Å². The molecule has 1 unspecified atom stereocenters. The van der Waals surface area contributed by atoms with Crippen LogP contribution in [-0.2, 0) is 9.59 Å². The highest BCUT2D eigenvalue weighted by Gasteiger charge is 2.37. The fraction of sp³-hybridized carbons (Fsp3) is 0.333. The Morgan fingerprint density at radius 3 is 2.76 bits per heavy atom. The van der Waals surface area contributed by atoms with Gasteiger partial charge in [-0.15, -0.1) is 0 Å². The Kier molecular flexibility index (Phi) is 4.65. The molecule has 2 N–H and O–H groups in total. The molecule has 0 spiro atoms. The second-order valence-corrected chi connectivity index (χ2v) is 5.48. The third-order valence-corrected chi connectivity index (χ3v) is 3.87. The van der Waals surface area contributed by atoms with Gasteiger partial charge in [0.25, 0.3) is 0 Å². The number of aliphatic carboxylic acids is 1. The highest BCUT2D eigenvalue weighted by Crippen LogP contribution is 2.20. The summed E-state index contributed by atoms with van der Waals surface area (Å²) in [5, 5.41) is 19.2. The van der Waals surface area contributed by atoms with Gasteiger partial charge in [0.15, 0.2) is 0 Å². The maximum absolute atomic E-state index is 12.1. The maximum Gasteiger partial charge on any atom is 0.326 e. The Morgan fingerprint density at radius 2 is 2.14 bits per heavy atom. The van der Waals surface area contributed by atoms with E-state index in [9.17, 15) is 14.7 Å². The summed E-state index contributed by atoms with van der Waals surface area (Å²) in [5.74, 6) is -1.54. The maximum atomic E-state index is 12.1. The first kappa shape index (κ1) is 15.5. The van der Waals surface area contributed by atoms with Crippen LogP contribution in [0.3, 0.4) is 0 Å². The van der Waals surface area contributed by atoms with Crippen molar-refractivity contribution in [2.24, 2.45) is 0 Å². The molecule has 0 radical (unpaired) electrons. The molecular weight excluding hydrogens is 294 g/mol. The van der Waals surface area contributed by atoms with Gasteiger partial charge >= 0.3 is 5.97 Å². The fourth-order valence-electron chi connectivity index (χ4n) is 2.27. The Balaban J connectivity index is 2.11. The van der Waals surface area contributed by atoms with E-state index >= 15 is 0 Å². The lowest BCUT2D eigenvalue weighted by Crippen LogP contribution is -2.39. The van der Waals surface area contributed by atoms with E-state index in [-0.39, 0.29) is 13.0 Å². The molecule has 1 aliphatic rings. The minimum Gasteiger partial charge on any atom is -0.480 e. The van der Waals surface area contributed by atoms with Crippen molar-refractivity contribution in [3.8, 4) is 0 Å². The largest absolute Gasteiger partial charge is 0.480 e. The van der Waals surface area contributed by atoms with Crippen LogP contribution in [0.15, 0.2) is 24.3 Å². The van der Waals surface area contributed by atoms with E-state index in [4.69, 9.17) is 16.7 Å². The second kappa shape index (κ2) is 6.28. The van der Waals surface area contributed by atoms with Crippen molar-refractivity contribution in [2.45, 2.75) is 25.5 Å². The van der Waals surface area contributed by atoms with Crippen LogP contribution in [0.25, 0.3) is 6.08 Å². The minimum absolute atomic E-state index is 0.0365. The highest BCUT2D eigenvalue weighted by molar-refractivity contribution is 6.31. The van der Waals surface area contributed by atoms with Crippen molar-refractivity contribution in [2.75, 3.05) is 6.54 Å². The second-order valence-electron chi connectivity index (χ2n) is 5.08. The number of nitrogens with zero attached hydrogens (tertiary/aromatic N) is 1. The van der Waals surface area contributed by atoms with Crippen molar-refractivity contribution in [3.63, 3.8) is 0 Å². The minimum atomic E-state index is -1.10. The molecule has 0 saturated carbocycles. The first-order valence-electron chi connectivity index (χ1n) is 6.54. The molecule has 2 rings (SSSR count). The van der Waals surface area contributed by atoms with Gasteiger partial charge in [-0.3, -0.25) is 4.79 Å². The van der Waals surface area contributed by atoms with Crippen molar-refractivity contribution in [1.29, 1.82) is 0 Å². The number of aryl methyl sites for hydroxylation is 1. The van der Waals surface area contributed by atoms with Gasteiger partial charge in [-0.1, -0.05) is 23.7 Å². The molecule has 21 heavy (non-hydrogen) atoms. The summed E-state index contributed by atoms with van der Waals surface area (Å²) in [6.07, 6.45) is 2.15. The number of rotatable bonds is 3. The summed E-state index contributed by atoms with van der Waals surface area (Å²) in [5.41, 5.74) is 1.69. The molecule has 0 aromatic heterocycles. The SMILES string of the molecule is Cc1ccc(/C=C/C(=O)N2CC(O)C[C@H]2C(=O)O)cc1Cl. The van der Waals surface area contributed by atoms with Gasteiger partial charge in [0.1, 0.15) is 6.04 Å². The molecule has 0 aliphatic carbocycles. The lowest BCUT2D eigenvalue weighted by molar-refractivity contribution is -0.146. The zero-order valence-corrected chi connectivity index (χ0v) is 12.2. The van der Waals surface area contributed by atoms with Crippen LogP contribution in [0.4, 0.5) is 0 Å². The molecule has 1 amide bonds. The molecule has 6 heteroatoms. The van der Waals surface area contributed by atoms with Crippen LogP contribution in [-0.4, -0.2) is 45.7 Å². The van der Waals surface area contributed by atoms with Crippen molar-refractivity contribution >= 4 is 29.6 Å². The number of aliphatic hydroxyl groups excluding tert-OH is 1. The fourth-order valence-corrected chi connectivity index (χ4v) is 2.46. The zero-order valence-electron chi connectivity index (χ0n) is 11.5. The lowest BCUT2D eigenvalue weighted by atomic mass is 10.1. The van der Waals surface area contributed by atoms with Crippen molar-refractivity contribution in [3.05, 3.63) is 40.4 Å². The molecule has 5 nitrogen and oxygen atoms in total. The van der Waals surface area contributed by atoms with E-state index < -0.39 is 24.0 Å². The van der Waals surface area contributed by atoms with Crippen LogP contribution in [0, 0.1) is 6.92 Å². The number of aliphatic hydroxyl groups is 1. The first-order chi connectivity index (χ1) is 9.88. The first-order valence-corrected chi connectivity index (χ1v) is 6.92. The summed E-state index contributed by atoms with van der Waals surface area (Å²) in [6, 6.07) is 4.41. The summed E-state index contributed by atoms with van der Waals surface area (Å²) in [4.78, 5) is 24.3. The van der Waals surface area contributed by atoms with Gasteiger partial charge in [-0.2, -0.15) is 0 Å². The van der Waals surface area contributed by atoms with Crippen molar-refractivity contribution in [1.82, 2.24) is 4.90 Å². The number of hydrogen-bond acceptors (Lipinski definition) is 3. The topological polar surface area (TPSA) is 77.8 Å². The van der Waals surface area contributed by atoms with Gasteiger partial charge < -0.3 is 15.1 Å². The van der Waals surface area contributed by atoms with Gasteiger partial charge in [0, 0.05) is 24.1 Å². The molecule has 1 aromatic rings. The van der Waals surface area contributed by atoms with E-state index in [1.807, 2.05) is 19.1 Å². The molecule has 2 atom stereocenters. The zero-order chi connectivity index (χ0) is 15.6. The Bertz CT molecular complexity index is 599. The number of amides is 1. The number of carbonyl (C=O) groups excluding carboxylic acids is 1. The Morgan fingerprint density at radius 1 is 1.43 bits per heavy atom. The number of carbonyl (C=O) groups is 2. The van der Waals surface area contributed by atoms with E-state index in [0.29, 0.717) is 5.02 Å². The van der Waals surface area contributed by atoms with Crippen LogP contribution in [0.1, 0.15) is 17.5 Å². The molecule has 1 aromatic carbocycles. The van der Waals surface area contributed by atoms with E-state index in [2.05, 4.69) is 0 Å². The standard InChI is InChI=1S/C15H16ClNO4/c1-9-2-3-10(6-12(9)16)4-5-14(19)17-8-11(18)7-13(17)15(20)21/h2-6,11,13,18H,7-8H2,1H3,(H,20,21)/b5-4+/t11?,13-/m0/s1. The lowest BCUT2D eigenvalue weighted by Gasteiger charge is -2.19. The number of likely N-dealkylation sites (tertiary alicyclic amines) is 1. The van der Waals surface area contributed by atoms with Crippen LogP contribution in [0.5, 0.6) is 0 Å². The normalized spacial score (nSPS) is 22.0. The van der Waals surface area contributed by atoms with E-state index in [1.165, 1.54) is 11.0 Å². The molecule has 1 saturated heterocycles. The summed E-state index contributed by atoms with van der Waals surface area (Å²) in [7, 11) is 0. The van der Waals surface area contributed by atoms with Crippen molar-refractivity contribution < 1.29 is 19.8 Å². The van der Waals surface area contributed by atoms with E-state index in [0.717, 1.165) is 11.1 Å². The average Bonchev–Trinajstić information content (AvgIpc) is 2.82. The Hall–Kier alpha value is -1.85. The molecule has 0 bridgehead atoms. The smallest absolute Gasteiger partial charge is 0.326 e. The summed E-state index contributed by atoms with van der Waals surface area (Å²) >= 11 is 6.00. The molecule has 1 aliphatic heterocycles. The quantitative estimate of drug-likeness (QED) is 0.833. The highest BCUT2D eigenvalue weighted by atomic mass is 35.5. The van der Waals surface area contributed by atoms with Gasteiger partial charge in [-0.05, 0) is 30.2 Å². The van der Waals surface area contributed by atoms with E-state index in [1.54, 1.807) is 12.1 Å². The number of halogens is 1. The predicted octanol–water partition coefficient (Wildman–Crippen LogP) is 1.71. The monoisotopic (exact) mass is 309 g/mol. The van der Waals surface area contributed by atoms with Crippen LogP contribution < -0.4 is 0 Å². The van der Waals surface area contributed by atoms with Crippen LogP contribution in [0.2, 0.25) is 5.02 Å². The molecular formula is C15H16ClNO4. The number of benzene rings is 1. The third kappa shape index (κ3) is 3.62. The van der Waals surface area contributed by atoms with Gasteiger partial charge in [0.2, 0.25) is 5.91 Å². The number of β-amino-alcohol motifs (C(OH)–C–C–N with tert-alkyl or cyclic N) is 1. The molecule has 112 valence electrons. The summed E-state index contributed by atoms with van der Waals surface area (Å²) in [6.45, 7) is 1.92. The molecule has 1 fully saturated rings. The Labute approximate surface area is 127 Å². The predicted molar refractivity (Wildman–Crippen MR) is 79.0 cm³/mol. The van der Waals surface area contributed by atoms with Crippen LogP contribution >= 0.6 is 11.6 Å².